The number of benzene rings is 2. The van der Waals surface area contributed by atoms with Crippen LogP contribution in [0.15, 0.2) is 59.4 Å². The van der Waals surface area contributed by atoms with Gasteiger partial charge in [0.2, 0.25) is 0 Å². The molecule has 1 amide bonds. The number of amides is 1. The van der Waals surface area contributed by atoms with E-state index in [-0.39, 0.29) is 11.4 Å². The van der Waals surface area contributed by atoms with Crippen molar-refractivity contribution in [2.45, 2.75) is 6.92 Å². The molecule has 3 rings (SSSR count). The first kappa shape index (κ1) is 14.8. The molecule has 5 nitrogen and oxygen atoms in total. The summed E-state index contributed by atoms with van der Waals surface area (Å²) < 4.78 is 0. The van der Waals surface area contributed by atoms with Crippen molar-refractivity contribution >= 4 is 22.4 Å². The number of hydrogen-bond donors (Lipinski definition) is 2. The fourth-order valence-electron chi connectivity index (χ4n) is 2.60. The minimum atomic E-state index is -0.445. The monoisotopic (exact) mass is 308 g/mol. The molecule has 2 N–H and O–H groups in total. The Morgan fingerprint density at radius 2 is 1.65 bits per heavy atom. The number of aromatic amines is 1. The summed E-state index contributed by atoms with van der Waals surface area (Å²) in [7, 11) is 0. The quantitative estimate of drug-likeness (QED) is 0.781. The summed E-state index contributed by atoms with van der Waals surface area (Å²) in [6.45, 7) is 2.25. The van der Waals surface area contributed by atoms with E-state index in [2.05, 4.69) is 4.98 Å². The van der Waals surface area contributed by atoms with Gasteiger partial charge in [-0.1, -0.05) is 36.4 Å². The first-order valence-corrected chi connectivity index (χ1v) is 7.34. The molecule has 0 aliphatic rings. The van der Waals surface area contributed by atoms with Crippen LogP contribution < -0.4 is 10.5 Å². The van der Waals surface area contributed by atoms with Crippen LogP contribution in [0, 0.1) is 0 Å². The Kier molecular flexibility index (Phi) is 3.85. The van der Waals surface area contributed by atoms with Gasteiger partial charge in [0.25, 0.3) is 11.5 Å². The molecular weight excluding hydrogens is 292 g/mol. The predicted octanol–water partition coefficient (Wildman–Crippen LogP) is 2.90. The van der Waals surface area contributed by atoms with E-state index in [1.165, 1.54) is 4.90 Å². The van der Waals surface area contributed by atoms with Crippen LogP contribution in [0.4, 0.5) is 5.69 Å². The van der Waals surface area contributed by atoms with Crippen molar-refractivity contribution in [1.29, 1.82) is 0 Å². The second kappa shape index (κ2) is 5.96. The van der Waals surface area contributed by atoms with E-state index in [1.54, 1.807) is 36.4 Å². The SMILES string of the molecule is CCN(C(=O)c1[nH]c(=O)c2ccccc2c1O)c1ccccc1. The first-order valence-electron chi connectivity index (χ1n) is 7.34. The number of nitrogens with zero attached hydrogens (tertiary/aromatic N) is 1. The summed E-state index contributed by atoms with van der Waals surface area (Å²) in [5.74, 6) is -0.654. The maximum atomic E-state index is 12.8. The van der Waals surface area contributed by atoms with Gasteiger partial charge in [0, 0.05) is 17.6 Å². The number of carbonyl (C=O) groups excluding carboxylic acids is 1. The van der Waals surface area contributed by atoms with E-state index < -0.39 is 11.5 Å². The minimum Gasteiger partial charge on any atom is -0.505 e. The summed E-state index contributed by atoms with van der Waals surface area (Å²) in [5, 5.41) is 11.1. The van der Waals surface area contributed by atoms with Crippen LogP contribution in [0.2, 0.25) is 0 Å². The standard InChI is InChI=1S/C18H16N2O3/c1-2-20(12-8-4-3-5-9-12)18(23)15-16(21)13-10-6-7-11-14(13)17(22)19-15/h3-11,21H,2H2,1H3,(H,19,22). The molecule has 0 saturated carbocycles. The van der Waals surface area contributed by atoms with E-state index in [4.69, 9.17) is 0 Å². The molecule has 0 aliphatic carbocycles. The fourth-order valence-corrected chi connectivity index (χ4v) is 2.60. The Balaban J connectivity index is 2.14. The van der Waals surface area contributed by atoms with Crippen molar-refractivity contribution < 1.29 is 9.90 Å². The number of aromatic hydroxyl groups is 1. The van der Waals surface area contributed by atoms with Crippen LogP contribution in [0.1, 0.15) is 17.4 Å². The van der Waals surface area contributed by atoms with Crippen LogP contribution in [0.25, 0.3) is 10.8 Å². The average Bonchev–Trinajstić information content (AvgIpc) is 2.59. The fraction of sp³-hybridized carbons (Fsp3) is 0.111. The van der Waals surface area contributed by atoms with Gasteiger partial charge < -0.3 is 15.0 Å². The van der Waals surface area contributed by atoms with Crippen LogP contribution in [-0.4, -0.2) is 22.5 Å². The van der Waals surface area contributed by atoms with E-state index in [9.17, 15) is 14.7 Å². The number of hydrogen-bond acceptors (Lipinski definition) is 3. The maximum Gasteiger partial charge on any atom is 0.278 e. The zero-order valence-corrected chi connectivity index (χ0v) is 12.6. The number of anilines is 1. The van der Waals surface area contributed by atoms with E-state index >= 15 is 0 Å². The van der Waals surface area contributed by atoms with E-state index in [1.807, 2.05) is 25.1 Å². The van der Waals surface area contributed by atoms with E-state index in [0.717, 1.165) is 0 Å². The molecule has 0 radical (unpaired) electrons. The number of carbonyl (C=O) groups is 1. The van der Waals surface area contributed by atoms with Crippen molar-refractivity contribution in [2.75, 3.05) is 11.4 Å². The van der Waals surface area contributed by atoms with Gasteiger partial charge in [-0.15, -0.1) is 0 Å². The number of fused-ring (bicyclic) bond motifs is 1. The Hall–Kier alpha value is -3.08. The molecule has 116 valence electrons. The highest BCUT2D eigenvalue weighted by Gasteiger charge is 2.22. The van der Waals surface area contributed by atoms with Gasteiger partial charge in [-0.25, -0.2) is 0 Å². The maximum absolute atomic E-state index is 12.8. The van der Waals surface area contributed by atoms with Crippen molar-refractivity contribution in [3.8, 4) is 5.75 Å². The lowest BCUT2D eigenvalue weighted by Gasteiger charge is -2.21. The predicted molar refractivity (Wildman–Crippen MR) is 90.0 cm³/mol. The molecule has 5 heteroatoms. The molecule has 0 bridgehead atoms. The summed E-state index contributed by atoms with van der Waals surface area (Å²) in [4.78, 5) is 29.0. The van der Waals surface area contributed by atoms with Crippen LogP contribution in [0.3, 0.4) is 0 Å². The number of nitrogens with one attached hydrogen (secondary N) is 1. The lowest BCUT2D eigenvalue weighted by atomic mass is 10.1. The Morgan fingerprint density at radius 1 is 1.04 bits per heavy atom. The van der Waals surface area contributed by atoms with Crippen molar-refractivity contribution in [3.63, 3.8) is 0 Å². The molecule has 1 aromatic heterocycles. The summed E-state index contributed by atoms with van der Waals surface area (Å²) in [5.41, 5.74) is 0.207. The van der Waals surface area contributed by atoms with Gasteiger partial charge in [-0.2, -0.15) is 0 Å². The zero-order chi connectivity index (χ0) is 16.4. The molecule has 23 heavy (non-hydrogen) atoms. The molecule has 0 atom stereocenters. The molecule has 0 unspecified atom stereocenters. The lowest BCUT2D eigenvalue weighted by molar-refractivity contribution is 0.0980. The van der Waals surface area contributed by atoms with Gasteiger partial charge in [0.1, 0.15) is 0 Å². The lowest BCUT2D eigenvalue weighted by Crippen LogP contribution is -2.32. The Morgan fingerprint density at radius 3 is 2.30 bits per heavy atom. The highest BCUT2D eigenvalue weighted by Crippen LogP contribution is 2.26. The number of aromatic nitrogens is 1. The number of para-hydroxylation sites is 1. The van der Waals surface area contributed by atoms with Gasteiger partial charge in [-0.05, 0) is 25.1 Å². The zero-order valence-electron chi connectivity index (χ0n) is 12.6. The van der Waals surface area contributed by atoms with E-state index in [0.29, 0.717) is 23.0 Å². The molecule has 3 aromatic rings. The molecule has 0 saturated heterocycles. The molecule has 0 spiro atoms. The van der Waals surface area contributed by atoms with Crippen LogP contribution >= 0.6 is 0 Å². The summed E-state index contributed by atoms with van der Waals surface area (Å²) in [6, 6.07) is 15.8. The number of rotatable bonds is 3. The highest BCUT2D eigenvalue weighted by atomic mass is 16.3. The molecule has 0 fully saturated rings. The minimum absolute atomic E-state index is 0.0978. The topological polar surface area (TPSA) is 73.4 Å². The molecule has 1 heterocycles. The van der Waals surface area contributed by atoms with Gasteiger partial charge in [-0.3, -0.25) is 9.59 Å². The van der Waals surface area contributed by atoms with Gasteiger partial charge >= 0.3 is 0 Å². The number of pyridine rings is 1. The van der Waals surface area contributed by atoms with Crippen LogP contribution in [0.5, 0.6) is 5.75 Å². The molecule has 2 aromatic carbocycles. The summed E-state index contributed by atoms with van der Waals surface area (Å²) in [6.07, 6.45) is 0. The largest absolute Gasteiger partial charge is 0.505 e. The molecule has 0 aliphatic heterocycles. The third-order valence-electron chi connectivity index (χ3n) is 3.75. The third kappa shape index (κ3) is 2.57. The first-order chi connectivity index (χ1) is 11.1. The normalized spacial score (nSPS) is 10.7. The average molecular weight is 308 g/mol. The van der Waals surface area contributed by atoms with Crippen molar-refractivity contribution in [2.24, 2.45) is 0 Å². The number of H-pyrrole nitrogens is 1. The second-order valence-electron chi connectivity index (χ2n) is 5.11. The van der Waals surface area contributed by atoms with Gasteiger partial charge in [0.05, 0.1) is 5.39 Å². The smallest absolute Gasteiger partial charge is 0.278 e. The third-order valence-corrected chi connectivity index (χ3v) is 3.75. The Labute approximate surface area is 132 Å². The molecular formula is C18H16N2O3. The van der Waals surface area contributed by atoms with Crippen LogP contribution in [-0.2, 0) is 0 Å². The van der Waals surface area contributed by atoms with Crippen molar-refractivity contribution in [1.82, 2.24) is 4.98 Å². The van der Waals surface area contributed by atoms with Gasteiger partial charge in [0.15, 0.2) is 11.4 Å². The Bertz CT molecular complexity index is 916. The summed E-state index contributed by atoms with van der Waals surface area (Å²) >= 11 is 0. The van der Waals surface area contributed by atoms with Crippen molar-refractivity contribution in [3.05, 3.63) is 70.6 Å². The second-order valence-corrected chi connectivity index (χ2v) is 5.11. The highest BCUT2D eigenvalue weighted by molar-refractivity contribution is 6.09.